The van der Waals surface area contributed by atoms with Crippen molar-refractivity contribution in [2.75, 3.05) is 6.61 Å². The molecule has 0 amide bonds. The number of carbonyl (C=O) groups is 2. The summed E-state index contributed by atoms with van der Waals surface area (Å²) in [5.74, 6) is -2.76. The molecular weight excluding hydrogens is 263 g/mol. The van der Waals surface area contributed by atoms with Crippen molar-refractivity contribution in [1.29, 1.82) is 0 Å². The molecule has 0 heterocycles. The van der Waals surface area contributed by atoms with Gasteiger partial charge < -0.3 is 19.6 Å². The predicted octanol–water partition coefficient (Wildman–Crippen LogP) is 0.930. The SMILES string of the molecule is CCOP(=O)(O)c1cc(C(=O)O)ccc1C(=O)O. The molecule has 0 fully saturated rings. The maximum Gasteiger partial charge on any atom is 0.359 e. The van der Waals surface area contributed by atoms with Crippen molar-refractivity contribution in [3.05, 3.63) is 29.3 Å². The zero-order valence-corrected chi connectivity index (χ0v) is 10.3. The van der Waals surface area contributed by atoms with E-state index in [1.165, 1.54) is 6.92 Å². The summed E-state index contributed by atoms with van der Waals surface area (Å²) in [4.78, 5) is 31.3. The molecule has 98 valence electrons. The molecule has 7 nitrogen and oxygen atoms in total. The van der Waals surface area contributed by atoms with Crippen LogP contribution in [0.4, 0.5) is 0 Å². The van der Waals surface area contributed by atoms with Gasteiger partial charge in [-0.3, -0.25) is 4.57 Å². The Labute approximate surface area is 102 Å². The lowest BCUT2D eigenvalue weighted by Crippen LogP contribution is -2.19. The summed E-state index contributed by atoms with van der Waals surface area (Å²) in [5.41, 5.74) is -0.747. The minimum Gasteiger partial charge on any atom is -0.478 e. The zero-order chi connectivity index (χ0) is 13.9. The molecule has 0 aromatic heterocycles. The van der Waals surface area contributed by atoms with Crippen LogP contribution in [0.3, 0.4) is 0 Å². The summed E-state index contributed by atoms with van der Waals surface area (Å²) in [6, 6.07) is 2.84. The largest absolute Gasteiger partial charge is 0.478 e. The molecule has 1 unspecified atom stereocenters. The van der Waals surface area contributed by atoms with Crippen LogP contribution in [0, 0.1) is 0 Å². The number of hydrogen-bond donors (Lipinski definition) is 3. The number of benzene rings is 1. The fourth-order valence-corrected chi connectivity index (χ4v) is 2.59. The lowest BCUT2D eigenvalue weighted by Gasteiger charge is -2.13. The van der Waals surface area contributed by atoms with Gasteiger partial charge in [-0.2, -0.15) is 0 Å². The fraction of sp³-hybridized carbons (Fsp3) is 0.200. The molecule has 1 rings (SSSR count). The lowest BCUT2D eigenvalue weighted by atomic mass is 10.1. The van der Waals surface area contributed by atoms with Crippen LogP contribution in [0.2, 0.25) is 0 Å². The summed E-state index contributed by atoms with van der Waals surface area (Å²) >= 11 is 0. The van der Waals surface area contributed by atoms with E-state index in [0.717, 1.165) is 18.2 Å². The van der Waals surface area contributed by atoms with Gasteiger partial charge in [0.15, 0.2) is 0 Å². The van der Waals surface area contributed by atoms with E-state index >= 15 is 0 Å². The zero-order valence-electron chi connectivity index (χ0n) is 9.36. The first-order valence-electron chi connectivity index (χ1n) is 4.88. The molecule has 1 aromatic carbocycles. The van der Waals surface area contributed by atoms with Gasteiger partial charge in [-0.15, -0.1) is 0 Å². The van der Waals surface area contributed by atoms with Gasteiger partial charge in [0.2, 0.25) is 0 Å². The predicted molar refractivity (Wildman–Crippen MR) is 61.4 cm³/mol. The highest BCUT2D eigenvalue weighted by Gasteiger charge is 2.29. The quantitative estimate of drug-likeness (QED) is 0.683. The first kappa shape index (κ1) is 14.4. The second kappa shape index (κ2) is 5.30. The molecule has 0 aliphatic carbocycles. The maximum atomic E-state index is 11.8. The van der Waals surface area contributed by atoms with Gasteiger partial charge in [0.05, 0.1) is 23.0 Å². The van der Waals surface area contributed by atoms with Crippen molar-refractivity contribution in [3.8, 4) is 0 Å². The van der Waals surface area contributed by atoms with E-state index in [-0.39, 0.29) is 12.2 Å². The summed E-state index contributed by atoms with van der Waals surface area (Å²) in [6.07, 6.45) is 0. The Morgan fingerprint density at radius 3 is 2.33 bits per heavy atom. The minimum absolute atomic E-state index is 0.107. The second-order valence-corrected chi connectivity index (χ2v) is 5.06. The van der Waals surface area contributed by atoms with Gasteiger partial charge in [0.1, 0.15) is 0 Å². The van der Waals surface area contributed by atoms with Crippen molar-refractivity contribution in [3.63, 3.8) is 0 Å². The van der Waals surface area contributed by atoms with Crippen LogP contribution in [0.25, 0.3) is 0 Å². The monoisotopic (exact) mass is 274 g/mol. The van der Waals surface area contributed by atoms with Gasteiger partial charge in [0.25, 0.3) is 0 Å². The molecule has 3 N–H and O–H groups in total. The first-order valence-corrected chi connectivity index (χ1v) is 6.46. The minimum atomic E-state index is -4.35. The van der Waals surface area contributed by atoms with Crippen molar-refractivity contribution < 1.29 is 33.8 Å². The van der Waals surface area contributed by atoms with Gasteiger partial charge >= 0.3 is 19.5 Å². The first-order chi connectivity index (χ1) is 8.29. The third-order valence-electron chi connectivity index (χ3n) is 2.08. The molecule has 8 heteroatoms. The number of carboxylic acids is 2. The Kier molecular flexibility index (Phi) is 4.24. The molecule has 1 atom stereocenters. The highest BCUT2D eigenvalue weighted by molar-refractivity contribution is 7.61. The van der Waals surface area contributed by atoms with Crippen molar-refractivity contribution in [1.82, 2.24) is 0 Å². The Morgan fingerprint density at radius 1 is 1.28 bits per heavy atom. The highest BCUT2D eigenvalue weighted by Crippen LogP contribution is 2.41. The third-order valence-corrected chi connectivity index (χ3v) is 3.67. The Bertz CT molecular complexity index is 537. The average molecular weight is 274 g/mol. The molecule has 0 saturated heterocycles. The van der Waals surface area contributed by atoms with E-state index in [1.54, 1.807) is 0 Å². The fourth-order valence-electron chi connectivity index (χ4n) is 1.32. The Balaban J connectivity index is 3.46. The summed E-state index contributed by atoms with van der Waals surface area (Å²) < 4.78 is 16.4. The van der Waals surface area contributed by atoms with Crippen LogP contribution in [0.15, 0.2) is 18.2 Å². The average Bonchev–Trinajstić information content (AvgIpc) is 2.27. The second-order valence-electron chi connectivity index (χ2n) is 3.28. The van der Waals surface area contributed by atoms with Crippen molar-refractivity contribution in [2.24, 2.45) is 0 Å². The molecule has 0 spiro atoms. The van der Waals surface area contributed by atoms with Crippen LogP contribution in [-0.2, 0) is 9.09 Å². The number of aromatic carboxylic acids is 2. The number of carboxylic acid groups (broad SMARTS) is 2. The lowest BCUT2D eigenvalue weighted by molar-refractivity contribution is 0.0682. The third kappa shape index (κ3) is 2.95. The van der Waals surface area contributed by atoms with E-state index in [0.29, 0.717) is 0 Å². The van der Waals surface area contributed by atoms with Gasteiger partial charge in [-0.1, -0.05) is 0 Å². The summed E-state index contributed by atoms with van der Waals surface area (Å²) in [7, 11) is -4.35. The molecule has 0 aliphatic heterocycles. The van der Waals surface area contributed by atoms with Crippen LogP contribution in [-0.4, -0.2) is 33.7 Å². The van der Waals surface area contributed by atoms with Crippen LogP contribution < -0.4 is 5.30 Å². The van der Waals surface area contributed by atoms with Gasteiger partial charge in [-0.25, -0.2) is 9.59 Å². The normalized spacial score (nSPS) is 13.9. The molecule has 1 aromatic rings. The Morgan fingerprint density at radius 2 is 1.89 bits per heavy atom. The topological polar surface area (TPSA) is 121 Å². The van der Waals surface area contributed by atoms with Gasteiger partial charge in [0, 0.05) is 0 Å². The molecule has 0 bridgehead atoms. The number of rotatable bonds is 5. The van der Waals surface area contributed by atoms with E-state index < -0.39 is 30.4 Å². The smallest absolute Gasteiger partial charge is 0.359 e. The summed E-state index contributed by atoms with van der Waals surface area (Å²) in [5, 5.41) is 17.1. The van der Waals surface area contributed by atoms with Crippen molar-refractivity contribution >= 4 is 24.8 Å². The number of hydrogen-bond acceptors (Lipinski definition) is 4. The molecule has 0 saturated carbocycles. The molecule has 18 heavy (non-hydrogen) atoms. The van der Waals surface area contributed by atoms with Crippen LogP contribution >= 0.6 is 7.60 Å². The van der Waals surface area contributed by atoms with E-state index in [1.807, 2.05) is 0 Å². The summed E-state index contributed by atoms with van der Waals surface area (Å²) in [6.45, 7) is 1.36. The Hall–Kier alpha value is -1.69. The van der Waals surface area contributed by atoms with E-state index in [2.05, 4.69) is 4.52 Å². The standard InChI is InChI=1S/C10H11O7P/c1-2-17-18(15,16)8-5-6(9(11)12)3-4-7(8)10(13)14/h3-5H,2H2,1H3,(H,11,12)(H,13,14)(H,15,16). The van der Waals surface area contributed by atoms with Crippen LogP contribution in [0.1, 0.15) is 27.6 Å². The van der Waals surface area contributed by atoms with E-state index in [9.17, 15) is 19.0 Å². The highest BCUT2D eigenvalue weighted by atomic mass is 31.2. The van der Waals surface area contributed by atoms with E-state index in [4.69, 9.17) is 10.2 Å². The molecule has 0 radical (unpaired) electrons. The maximum absolute atomic E-state index is 11.8. The van der Waals surface area contributed by atoms with Crippen LogP contribution in [0.5, 0.6) is 0 Å². The molecular formula is C10H11O7P. The van der Waals surface area contributed by atoms with Crippen molar-refractivity contribution in [2.45, 2.75) is 6.92 Å². The van der Waals surface area contributed by atoms with Gasteiger partial charge in [-0.05, 0) is 25.1 Å². The molecule has 0 aliphatic rings.